The molecule has 0 atom stereocenters. The van der Waals surface area contributed by atoms with Gasteiger partial charge < -0.3 is 19.9 Å². The van der Waals surface area contributed by atoms with Crippen molar-refractivity contribution in [2.24, 2.45) is 0 Å². The third kappa shape index (κ3) is 4.97. The van der Waals surface area contributed by atoms with E-state index in [0.29, 0.717) is 50.7 Å². The van der Waals surface area contributed by atoms with Gasteiger partial charge in [0.1, 0.15) is 11.6 Å². The predicted molar refractivity (Wildman–Crippen MR) is 103 cm³/mol. The molecule has 2 heterocycles. The molecule has 1 aliphatic heterocycles. The van der Waals surface area contributed by atoms with Crippen LogP contribution in [0.15, 0.2) is 42.6 Å². The Kier molecular flexibility index (Phi) is 6.41. The van der Waals surface area contributed by atoms with E-state index < -0.39 is 0 Å². The summed E-state index contributed by atoms with van der Waals surface area (Å²) >= 11 is 0. The van der Waals surface area contributed by atoms with Crippen molar-refractivity contribution in [3.63, 3.8) is 0 Å². The summed E-state index contributed by atoms with van der Waals surface area (Å²) in [5, 5.41) is 2.82. The fourth-order valence-electron chi connectivity index (χ4n) is 2.95. The normalized spacial score (nSPS) is 13.9. The maximum Gasteiger partial charge on any atom is 0.409 e. The molecule has 0 saturated carbocycles. The number of benzene rings is 1. The number of pyridine rings is 1. The van der Waals surface area contributed by atoms with Crippen molar-refractivity contribution in [3.05, 3.63) is 59.5 Å². The van der Waals surface area contributed by atoms with Crippen LogP contribution in [0.5, 0.6) is 0 Å². The number of anilines is 1. The zero-order valence-electron chi connectivity index (χ0n) is 15.7. The smallest absolute Gasteiger partial charge is 0.409 e. The Hall–Kier alpha value is -3.16. The summed E-state index contributed by atoms with van der Waals surface area (Å²) < 4.78 is 18.0. The van der Waals surface area contributed by atoms with Crippen LogP contribution in [0.4, 0.5) is 15.0 Å². The summed E-state index contributed by atoms with van der Waals surface area (Å²) in [6, 6.07) is 9.38. The van der Waals surface area contributed by atoms with Crippen LogP contribution in [0.2, 0.25) is 0 Å². The number of hydrogen-bond acceptors (Lipinski definition) is 5. The first-order chi connectivity index (χ1) is 13.6. The highest BCUT2D eigenvalue weighted by Gasteiger charge is 2.23. The van der Waals surface area contributed by atoms with Gasteiger partial charge in [-0.1, -0.05) is 12.1 Å². The molecule has 2 aromatic rings. The van der Waals surface area contributed by atoms with E-state index in [1.165, 1.54) is 12.1 Å². The number of amides is 2. The maximum absolute atomic E-state index is 13.0. The molecule has 0 unspecified atom stereocenters. The lowest BCUT2D eigenvalue weighted by atomic mass is 10.2. The van der Waals surface area contributed by atoms with Crippen LogP contribution in [-0.4, -0.2) is 54.7 Å². The number of piperazine rings is 1. The van der Waals surface area contributed by atoms with Gasteiger partial charge in [-0.2, -0.15) is 0 Å². The van der Waals surface area contributed by atoms with Crippen LogP contribution in [0.25, 0.3) is 0 Å². The minimum atomic E-state index is -0.308. The van der Waals surface area contributed by atoms with Crippen LogP contribution >= 0.6 is 0 Å². The van der Waals surface area contributed by atoms with Gasteiger partial charge in [-0.25, -0.2) is 14.2 Å². The van der Waals surface area contributed by atoms with Gasteiger partial charge in [0.25, 0.3) is 5.91 Å². The zero-order chi connectivity index (χ0) is 19.9. The SMILES string of the molecule is CCOC(=O)N1CCN(c2cc(C(=O)NCc3ccc(F)cc3)ccn2)CC1. The van der Waals surface area contributed by atoms with E-state index in [0.717, 1.165) is 5.56 Å². The van der Waals surface area contributed by atoms with Crippen molar-refractivity contribution in [1.82, 2.24) is 15.2 Å². The monoisotopic (exact) mass is 386 g/mol. The van der Waals surface area contributed by atoms with Gasteiger partial charge >= 0.3 is 6.09 Å². The van der Waals surface area contributed by atoms with Crippen molar-refractivity contribution in [3.8, 4) is 0 Å². The summed E-state index contributed by atoms with van der Waals surface area (Å²) in [5.74, 6) is 0.160. The lowest BCUT2D eigenvalue weighted by Crippen LogP contribution is -2.49. The Morgan fingerprint density at radius 3 is 2.54 bits per heavy atom. The fraction of sp³-hybridized carbons (Fsp3) is 0.350. The lowest BCUT2D eigenvalue weighted by molar-refractivity contribution is 0.0950. The molecule has 0 bridgehead atoms. The van der Waals surface area contributed by atoms with Crippen molar-refractivity contribution in [2.45, 2.75) is 13.5 Å². The molecule has 148 valence electrons. The van der Waals surface area contributed by atoms with E-state index in [2.05, 4.69) is 10.3 Å². The molecule has 1 aromatic heterocycles. The third-order valence-corrected chi connectivity index (χ3v) is 4.50. The van der Waals surface area contributed by atoms with Crippen LogP contribution in [0, 0.1) is 5.82 Å². The van der Waals surface area contributed by atoms with E-state index in [1.807, 2.05) is 4.90 Å². The van der Waals surface area contributed by atoms with E-state index >= 15 is 0 Å². The molecule has 3 rings (SSSR count). The van der Waals surface area contributed by atoms with Gasteiger partial charge in [0.15, 0.2) is 0 Å². The Morgan fingerprint density at radius 1 is 1.14 bits per heavy atom. The predicted octanol–water partition coefficient (Wildman–Crippen LogP) is 2.43. The first kappa shape index (κ1) is 19.6. The highest BCUT2D eigenvalue weighted by molar-refractivity contribution is 5.94. The fourth-order valence-corrected chi connectivity index (χ4v) is 2.95. The number of hydrogen-bond donors (Lipinski definition) is 1. The average Bonchev–Trinajstić information content (AvgIpc) is 2.73. The number of carbonyl (C=O) groups is 2. The number of ether oxygens (including phenoxy) is 1. The number of aromatic nitrogens is 1. The molecule has 1 aliphatic rings. The summed E-state index contributed by atoms with van der Waals surface area (Å²) in [7, 11) is 0. The molecule has 0 spiro atoms. The van der Waals surface area contributed by atoms with Crippen LogP contribution < -0.4 is 10.2 Å². The quantitative estimate of drug-likeness (QED) is 0.854. The van der Waals surface area contributed by atoms with E-state index in [-0.39, 0.29) is 17.8 Å². The highest BCUT2D eigenvalue weighted by atomic mass is 19.1. The first-order valence-electron chi connectivity index (χ1n) is 9.22. The summed E-state index contributed by atoms with van der Waals surface area (Å²) in [6.45, 7) is 4.78. The third-order valence-electron chi connectivity index (χ3n) is 4.50. The molecule has 0 radical (unpaired) electrons. The lowest BCUT2D eigenvalue weighted by Gasteiger charge is -2.34. The molecular formula is C20H23FN4O3. The van der Waals surface area contributed by atoms with Crippen molar-refractivity contribution in [2.75, 3.05) is 37.7 Å². The molecule has 2 amide bonds. The molecule has 8 heteroatoms. The Labute approximate surface area is 163 Å². The number of nitrogens with zero attached hydrogens (tertiary/aromatic N) is 3. The van der Waals surface area contributed by atoms with Gasteiger partial charge in [-0.05, 0) is 36.8 Å². The standard InChI is InChI=1S/C20H23FN4O3/c1-2-28-20(27)25-11-9-24(10-12-25)18-13-16(7-8-22-18)19(26)23-14-15-3-5-17(21)6-4-15/h3-8,13H,2,9-12,14H2,1H3,(H,23,26). The van der Waals surface area contributed by atoms with E-state index in [9.17, 15) is 14.0 Å². The second-order valence-electron chi connectivity index (χ2n) is 6.38. The van der Waals surface area contributed by atoms with Gasteiger partial charge in [-0.15, -0.1) is 0 Å². The number of halogens is 1. The highest BCUT2D eigenvalue weighted by Crippen LogP contribution is 2.16. The Morgan fingerprint density at radius 2 is 1.86 bits per heavy atom. The molecule has 1 fully saturated rings. The first-order valence-corrected chi connectivity index (χ1v) is 9.22. The van der Waals surface area contributed by atoms with Crippen LogP contribution in [-0.2, 0) is 11.3 Å². The average molecular weight is 386 g/mol. The second kappa shape index (κ2) is 9.16. The van der Waals surface area contributed by atoms with E-state index in [1.54, 1.807) is 42.3 Å². The van der Waals surface area contributed by atoms with Gasteiger partial charge in [0.05, 0.1) is 6.61 Å². The molecular weight excluding hydrogens is 363 g/mol. The van der Waals surface area contributed by atoms with Crippen molar-refractivity contribution < 1.29 is 18.7 Å². The molecule has 1 aromatic carbocycles. The number of rotatable bonds is 5. The molecule has 1 N–H and O–H groups in total. The Balaban J connectivity index is 1.57. The van der Waals surface area contributed by atoms with E-state index in [4.69, 9.17) is 4.74 Å². The number of nitrogens with one attached hydrogen (secondary N) is 1. The molecule has 7 nitrogen and oxygen atoms in total. The minimum absolute atomic E-state index is 0.224. The Bertz CT molecular complexity index is 820. The zero-order valence-corrected chi connectivity index (χ0v) is 15.7. The largest absolute Gasteiger partial charge is 0.450 e. The van der Waals surface area contributed by atoms with Gasteiger partial charge in [0.2, 0.25) is 0 Å². The van der Waals surface area contributed by atoms with Gasteiger partial charge in [-0.3, -0.25) is 4.79 Å². The molecule has 1 saturated heterocycles. The summed E-state index contributed by atoms with van der Waals surface area (Å²) in [6.07, 6.45) is 1.30. The number of carbonyl (C=O) groups excluding carboxylic acids is 2. The molecule has 0 aliphatic carbocycles. The second-order valence-corrected chi connectivity index (χ2v) is 6.38. The summed E-state index contributed by atoms with van der Waals surface area (Å²) in [5.41, 5.74) is 1.32. The van der Waals surface area contributed by atoms with Crippen molar-refractivity contribution in [1.29, 1.82) is 0 Å². The molecule has 28 heavy (non-hydrogen) atoms. The minimum Gasteiger partial charge on any atom is -0.450 e. The van der Waals surface area contributed by atoms with Crippen LogP contribution in [0.3, 0.4) is 0 Å². The topological polar surface area (TPSA) is 74.8 Å². The van der Waals surface area contributed by atoms with Crippen molar-refractivity contribution >= 4 is 17.8 Å². The van der Waals surface area contributed by atoms with Crippen LogP contribution in [0.1, 0.15) is 22.8 Å². The summed E-state index contributed by atoms with van der Waals surface area (Å²) in [4.78, 5) is 32.3. The maximum atomic E-state index is 13.0. The van der Waals surface area contributed by atoms with Gasteiger partial charge in [0, 0.05) is 44.5 Å².